The number of unbranched alkanes of at least 4 members (excludes halogenated alkanes) is 8. The van der Waals surface area contributed by atoms with E-state index in [9.17, 15) is 19.2 Å². The normalized spacial score (nSPS) is 21.0. The maximum atomic E-state index is 12.4. The maximum absolute atomic E-state index is 12.4. The highest BCUT2D eigenvalue weighted by Crippen LogP contribution is 2.53. The first-order valence-electron chi connectivity index (χ1n) is 18.0. The summed E-state index contributed by atoms with van der Waals surface area (Å²) in [6.45, 7) is 10.3. The van der Waals surface area contributed by atoms with Crippen LogP contribution in [-0.2, 0) is 25.5 Å². The number of hydrogen-bond donors (Lipinski definition) is 2. The van der Waals surface area contributed by atoms with E-state index in [-0.39, 0.29) is 30.4 Å². The number of ether oxygens (including phenoxy) is 1. The Labute approximate surface area is 280 Å². The van der Waals surface area contributed by atoms with Crippen LogP contribution in [0.2, 0.25) is 0 Å². The van der Waals surface area contributed by atoms with E-state index in [1.165, 1.54) is 72.8 Å². The Kier molecular flexibility index (Phi) is 14.9. The van der Waals surface area contributed by atoms with Crippen molar-refractivity contribution < 1.29 is 28.3 Å². The summed E-state index contributed by atoms with van der Waals surface area (Å²) < 4.78 is 11.3. The van der Waals surface area contributed by atoms with Crippen LogP contribution in [0, 0.1) is 17.8 Å². The molecule has 0 bridgehead atoms. The van der Waals surface area contributed by atoms with Gasteiger partial charge in [0.2, 0.25) is 23.6 Å². The molecule has 3 fully saturated rings. The summed E-state index contributed by atoms with van der Waals surface area (Å²) in [6, 6.07) is 3.54. The number of furan rings is 1. The summed E-state index contributed by atoms with van der Waals surface area (Å²) >= 11 is 0. The molecule has 1 aromatic rings. The van der Waals surface area contributed by atoms with Crippen molar-refractivity contribution in [2.75, 3.05) is 44.2 Å². The predicted molar refractivity (Wildman–Crippen MR) is 183 cm³/mol. The Bertz CT molecular complexity index is 1210. The largest absolute Gasteiger partial charge is 0.449 e. The van der Waals surface area contributed by atoms with E-state index in [1.54, 1.807) is 12.1 Å². The molecule has 0 spiro atoms. The number of amides is 4. The molecule has 0 aromatic carbocycles. The van der Waals surface area contributed by atoms with Gasteiger partial charge in [-0.1, -0.05) is 63.7 Å². The lowest BCUT2D eigenvalue weighted by Gasteiger charge is -2.32. The number of nitrogens with zero attached hydrogens (tertiary/aromatic N) is 2. The summed E-state index contributed by atoms with van der Waals surface area (Å²) in [5, 5.41) is 5.91. The van der Waals surface area contributed by atoms with Crippen molar-refractivity contribution in [1.29, 1.82) is 0 Å². The number of carbonyl (C=O) groups is 4. The molecule has 1 saturated heterocycles. The zero-order valence-electron chi connectivity index (χ0n) is 28.3. The minimum absolute atomic E-state index is 0.000711. The van der Waals surface area contributed by atoms with Gasteiger partial charge in [-0.05, 0) is 74.8 Å². The van der Waals surface area contributed by atoms with Crippen molar-refractivity contribution in [3.05, 3.63) is 42.7 Å². The molecule has 10 heteroatoms. The fourth-order valence-corrected chi connectivity index (χ4v) is 7.03. The molecule has 1 unspecified atom stereocenters. The van der Waals surface area contributed by atoms with Crippen LogP contribution in [0.1, 0.15) is 102 Å². The third-order valence-electron chi connectivity index (χ3n) is 9.98. The highest BCUT2D eigenvalue weighted by Gasteiger charge is 2.49. The molecular formula is C37H56N4O6. The molecule has 260 valence electrons. The molecule has 10 nitrogen and oxygen atoms in total. The summed E-state index contributed by atoms with van der Waals surface area (Å²) in [7, 11) is 0. The predicted octanol–water partition coefficient (Wildman–Crippen LogP) is 6.31. The zero-order chi connectivity index (χ0) is 33.4. The van der Waals surface area contributed by atoms with E-state index < -0.39 is 0 Å². The highest BCUT2D eigenvalue weighted by molar-refractivity contribution is 5.98. The molecule has 0 radical (unpaired) electrons. The number of hydrogen-bond acceptors (Lipinski definition) is 6. The smallest absolute Gasteiger partial charge is 0.407 e. The van der Waals surface area contributed by atoms with E-state index in [1.807, 2.05) is 0 Å². The molecule has 2 heterocycles. The van der Waals surface area contributed by atoms with Crippen molar-refractivity contribution in [3.63, 3.8) is 0 Å². The van der Waals surface area contributed by atoms with E-state index in [2.05, 4.69) is 23.8 Å². The van der Waals surface area contributed by atoms with Gasteiger partial charge >= 0.3 is 6.09 Å². The van der Waals surface area contributed by atoms with Gasteiger partial charge in [-0.15, -0.1) is 0 Å². The molecule has 3 atom stereocenters. The first-order valence-corrected chi connectivity index (χ1v) is 18.0. The molecule has 1 aliphatic heterocycles. The van der Waals surface area contributed by atoms with Crippen molar-refractivity contribution in [2.45, 2.75) is 103 Å². The van der Waals surface area contributed by atoms with Crippen molar-refractivity contribution >= 4 is 29.7 Å². The summed E-state index contributed by atoms with van der Waals surface area (Å²) in [4.78, 5) is 51.5. The first kappa shape index (κ1) is 36.3. The molecule has 2 N–H and O–H groups in total. The molecule has 4 rings (SSSR count). The number of carbonyl (C=O) groups excluding carboxylic acids is 4. The van der Waals surface area contributed by atoms with Gasteiger partial charge in [0.25, 0.3) is 0 Å². The molecular weight excluding hydrogens is 596 g/mol. The van der Waals surface area contributed by atoms with Crippen LogP contribution in [-0.4, -0.2) is 68.0 Å². The molecule has 47 heavy (non-hydrogen) atoms. The summed E-state index contributed by atoms with van der Waals surface area (Å²) in [5.41, 5.74) is 1.38. The average Bonchev–Trinajstić information content (AvgIpc) is 3.47. The molecule has 1 aromatic heterocycles. The van der Waals surface area contributed by atoms with Crippen molar-refractivity contribution in [3.8, 4) is 0 Å². The number of rotatable bonds is 19. The Morgan fingerprint density at radius 3 is 2.30 bits per heavy atom. The second kappa shape index (κ2) is 19.3. The Hall–Kier alpha value is -3.56. The lowest BCUT2D eigenvalue weighted by atomic mass is 9.98. The third-order valence-corrected chi connectivity index (χ3v) is 9.98. The quantitative estimate of drug-likeness (QED) is 0.103. The number of piperazine rings is 1. The number of nitrogens with one attached hydrogen (secondary N) is 2. The average molecular weight is 653 g/mol. The Balaban J connectivity index is 0.907. The number of allylic oxidation sites excluding steroid dienone is 1. The topological polar surface area (TPSA) is 121 Å². The van der Waals surface area contributed by atoms with Crippen LogP contribution < -0.4 is 15.5 Å². The van der Waals surface area contributed by atoms with Gasteiger partial charge < -0.3 is 24.7 Å². The summed E-state index contributed by atoms with van der Waals surface area (Å²) in [5.74, 6) is 2.69. The lowest BCUT2D eigenvalue weighted by molar-refractivity contribution is -0.133. The lowest BCUT2D eigenvalue weighted by Crippen LogP contribution is -2.52. The van der Waals surface area contributed by atoms with Gasteiger partial charge in [0.1, 0.15) is 12.3 Å². The van der Waals surface area contributed by atoms with Gasteiger partial charge in [-0.25, -0.2) is 4.79 Å². The Morgan fingerprint density at radius 2 is 1.60 bits per heavy atom. The van der Waals surface area contributed by atoms with Gasteiger partial charge in [-0.2, -0.15) is 0 Å². The maximum Gasteiger partial charge on any atom is 0.407 e. The van der Waals surface area contributed by atoms with Gasteiger partial charge in [0.05, 0.1) is 6.61 Å². The minimum atomic E-state index is -0.263. The van der Waals surface area contributed by atoms with Crippen LogP contribution in [0.3, 0.4) is 0 Å². The zero-order valence-corrected chi connectivity index (χ0v) is 28.3. The Morgan fingerprint density at radius 1 is 0.915 bits per heavy atom. The SMILES string of the molecule is C=CC(=O)N1CCN(c2ccc(CCC(=O)NCCCCCCCCCCCNC(=O)OCC3[C@H]4CCCC(=C)CC[C@@H]34)o2)C(=O)C1. The van der Waals surface area contributed by atoms with Crippen LogP contribution in [0.15, 0.2) is 41.4 Å². The van der Waals surface area contributed by atoms with Crippen LogP contribution in [0.5, 0.6) is 0 Å². The van der Waals surface area contributed by atoms with E-state index in [0.29, 0.717) is 63.2 Å². The highest BCUT2D eigenvalue weighted by atomic mass is 16.5. The summed E-state index contributed by atoms with van der Waals surface area (Å²) in [6.07, 6.45) is 17.9. The third kappa shape index (κ3) is 12.2. The van der Waals surface area contributed by atoms with Crippen molar-refractivity contribution in [2.24, 2.45) is 17.8 Å². The van der Waals surface area contributed by atoms with Crippen molar-refractivity contribution in [1.82, 2.24) is 15.5 Å². The second-order valence-electron chi connectivity index (χ2n) is 13.5. The number of fused-ring (bicyclic) bond motifs is 1. The van der Waals surface area contributed by atoms with Crippen LogP contribution in [0.25, 0.3) is 0 Å². The number of aryl methyl sites for hydroxylation is 1. The molecule has 4 amide bonds. The van der Waals surface area contributed by atoms with Gasteiger partial charge in [-0.3, -0.25) is 19.3 Å². The van der Waals surface area contributed by atoms with Gasteiger partial charge in [0, 0.05) is 45.1 Å². The fraction of sp³-hybridized carbons (Fsp3) is 0.676. The number of alkyl carbamates (subject to hydrolysis) is 1. The number of anilines is 1. The first-order chi connectivity index (χ1) is 22.9. The van der Waals surface area contributed by atoms with Gasteiger partial charge in [0.15, 0.2) is 0 Å². The monoisotopic (exact) mass is 652 g/mol. The molecule has 3 aliphatic rings. The molecule has 2 saturated carbocycles. The second-order valence-corrected chi connectivity index (χ2v) is 13.5. The minimum Gasteiger partial charge on any atom is -0.449 e. The van der Waals surface area contributed by atoms with E-state index >= 15 is 0 Å². The molecule has 2 aliphatic carbocycles. The fourth-order valence-electron chi connectivity index (χ4n) is 7.03. The van der Waals surface area contributed by atoms with E-state index in [4.69, 9.17) is 9.15 Å². The standard InChI is InChI=1S/C37H56N4O6/c1-3-34(43)40-24-25-41(35(44)26-40)36-21-18-29(47-36)17-20-33(42)38-22-11-9-7-5-4-6-8-10-12-23-39-37(45)46-27-32-30-15-13-14-28(2)16-19-31(30)32/h3,18,21,30-32H,1-2,4-17,19-20,22-27H2,(H,38,42)(H,39,45)/t30-,31+,32?/m0/s1. The van der Waals surface area contributed by atoms with E-state index in [0.717, 1.165) is 50.4 Å². The van der Waals surface area contributed by atoms with Crippen LogP contribution in [0.4, 0.5) is 10.7 Å². The van der Waals surface area contributed by atoms with Crippen LogP contribution >= 0.6 is 0 Å².